The van der Waals surface area contributed by atoms with E-state index < -0.39 is 0 Å². The van der Waals surface area contributed by atoms with Gasteiger partial charge in [0.1, 0.15) is 0 Å². The van der Waals surface area contributed by atoms with E-state index in [4.69, 9.17) is 0 Å². The molecule has 1 N–H and O–H groups in total. The fourth-order valence-corrected chi connectivity index (χ4v) is 2.14. The van der Waals surface area contributed by atoms with Gasteiger partial charge in [-0.25, -0.2) is 0 Å². The standard InChI is InChI=1S/C9H19NS/c1-11-8-2-3-9-4-6-10-7-5-9/h9-10H,2-8H2,1H3. The largest absolute Gasteiger partial charge is 0.317 e. The Labute approximate surface area is 74.3 Å². The highest BCUT2D eigenvalue weighted by Gasteiger charge is 2.11. The SMILES string of the molecule is CSCCCC1CCNCC1. The maximum atomic E-state index is 3.40. The molecule has 0 spiro atoms. The lowest BCUT2D eigenvalue weighted by Gasteiger charge is -2.22. The molecule has 1 rings (SSSR count). The molecule has 1 nitrogen and oxygen atoms in total. The molecule has 1 aliphatic heterocycles. The molecule has 1 aliphatic rings. The Balaban J connectivity index is 1.96. The third kappa shape index (κ3) is 4.02. The van der Waals surface area contributed by atoms with Gasteiger partial charge in [0, 0.05) is 0 Å². The predicted octanol–water partition coefficient (Wildman–Crippen LogP) is 2.13. The maximum absolute atomic E-state index is 3.40. The molecule has 0 amide bonds. The van der Waals surface area contributed by atoms with Crippen LogP contribution in [0.25, 0.3) is 0 Å². The van der Waals surface area contributed by atoms with Gasteiger partial charge in [-0.2, -0.15) is 11.8 Å². The van der Waals surface area contributed by atoms with E-state index in [9.17, 15) is 0 Å². The van der Waals surface area contributed by atoms with E-state index in [1.807, 2.05) is 11.8 Å². The topological polar surface area (TPSA) is 12.0 Å². The van der Waals surface area contributed by atoms with Crippen LogP contribution < -0.4 is 5.32 Å². The summed E-state index contributed by atoms with van der Waals surface area (Å²) in [6.07, 6.45) is 7.90. The number of rotatable bonds is 4. The second kappa shape index (κ2) is 5.90. The van der Waals surface area contributed by atoms with Crippen molar-refractivity contribution in [1.29, 1.82) is 0 Å². The summed E-state index contributed by atoms with van der Waals surface area (Å²) in [5, 5.41) is 3.40. The quantitative estimate of drug-likeness (QED) is 0.654. The molecule has 0 radical (unpaired) electrons. The molecule has 0 aliphatic carbocycles. The molecule has 0 aromatic heterocycles. The number of hydrogen-bond donors (Lipinski definition) is 1. The zero-order chi connectivity index (χ0) is 7.94. The molecule has 2 heteroatoms. The minimum Gasteiger partial charge on any atom is -0.317 e. The third-order valence-corrected chi connectivity index (χ3v) is 3.12. The minimum atomic E-state index is 1.03. The molecule has 11 heavy (non-hydrogen) atoms. The van der Waals surface area contributed by atoms with Gasteiger partial charge < -0.3 is 5.32 Å². The second-order valence-corrected chi connectivity index (χ2v) is 4.31. The highest BCUT2D eigenvalue weighted by atomic mass is 32.2. The van der Waals surface area contributed by atoms with Crippen molar-refractivity contribution in [3.05, 3.63) is 0 Å². The van der Waals surface area contributed by atoms with Gasteiger partial charge in [0.2, 0.25) is 0 Å². The van der Waals surface area contributed by atoms with Crippen LogP contribution in [-0.2, 0) is 0 Å². The van der Waals surface area contributed by atoms with E-state index in [2.05, 4.69) is 11.6 Å². The minimum absolute atomic E-state index is 1.03. The van der Waals surface area contributed by atoms with Crippen LogP contribution in [0.4, 0.5) is 0 Å². The van der Waals surface area contributed by atoms with Gasteiger partial charge in [-0.1, -0.05) is 0 Å². The Morgan fingerprint density at radius 3 is 2.73 bits per heavy atom. The molecule has 0 atom stereocenters. The summed E-state index contributed by atoms with van der Waals surface area (Å²) in [5.74, 6) is 2.38. The molecular formula is C9H19NS. The summed E-state index contributed by atoms with van der Waals surface area (Å²) in [7, 11) is 0. The zero-order valence-electron chi connectivity index (χ0n) is 7.44. The maximum Gasteiger partial charge on any atom is -0.00463 e. The van der Waals surface area contributed by atoms with E-state index in [-0.39, 0.29) is 0 Å². The van der Waals surface area contributed by atoms with Crippen molar-refractivity contribution in [2.75, 3.05) is 25.1 Å². The lowest BCUT2D eigenvalue weighted by atomic mass is 9.94. The van der Waals surface area contributed by atoms with E-state index in [1.54, 1.807) is 0 Å². The van der Waals surface area contributed by atoms with Crippen LogP contribution in [0.1, 0.15) is 25.7 Å². The molecule has 0 saturated carbocycles. The van der Waals surface area contributed by atoms with Crippen LogP contribution in [0.5, 0.6) is 0 Å². The molecule has 1 fully saturated rings. The summed E-state index contributed by atoms with van der Waals surface area (Å²) in [6.45, 7) is 2.51. The van der Waals surface area contributed by atoms with E-state index in [0.29, 0.717) is 0 Å². The number of hydrogen-bond acceptors (Lipinski definition) is 2. The Kier molecular flexibility index (Phi) is 5.04. The molecule has 0 bridgehead atoms. The molecule has 66 valence electrons. The van der Waals surface area contributed by atoms with E-state index >= 15 is 0 Å². The first-order valence-electron chi connectivity index (χ1n) is 4.63. The smallest absolute Gasteiger partial charge is 0.00463 e. The lowest BCUT2D eigenvalue weighted by molar-refractivity contribution is 0.352. The second-order valence-electron chi connectivity index (χ2n) is 3.33. The average Bonchev–Trinajstić information content (AvgIpc) is 2.07. The third-order valence-electron chi connectivity index (χ3n) is 2.42. The summed E-state index contributed by atoms with van der Waals surface area (Å²) >= 11 is 1.97. The van der Waals surface area contributed by atoms with Gasteiger partial charge in [0.25, 0.3) is 0 Å². The van der Waals surface area contributed by atoms with Crippen molar-refractivity contribution < 1.29 is 0 Å². The Morgan fingerprint density at radius 2 is 2.09 bits per heavy atom. The van der Waals surface area contributed by atoms with Crippen molar-refractivity contribution >= 4 is 11.8 Å². The normalized spacial score (nSPS) is 20.5. The van der Waals surface area contributed by atoms with Crippen LogP contribution in [0.15, 0.2) is 0 Å². The molecule has 1 saturated heterocycles. The summed E-state index contributed by atoms with van der Waals surface area (Å²) in [4.78, 5) is 0. The lowest BCUT2D eigenvalue weighted by Crippen LogP contribution is -2.27. The first-order chi connectivity index (χ1) is 5.43. The van der Waals surface area contributed by atoms with Crippen LogP contribution in [0.3, 0.4) is 0 Å². The van der Waals surface area contributed by atoms with Crippen LogP contribution >= 0.6 is 11.8 Å². The molecule has 0 aromatic rings. The Hall–Kier alpha value is 0.310. The van der Waals surface area contributed by atoms with Gasteiger partial charge in [-0.3, -0.25) is 0 Å². The van der Waals surface area contributed by atoms with E-state index in [1.165, 1.54) is 44.5 Å². The van der Waals surface area contributed by atoms with Crippen LogP contribution in [0.2, 0.25) is 0 Å². The monoisotopic (exact) mass is 173 g/mol. The zero-order valence-corrected chi connectivity index (χ0v) is 8.25. The fraction of sp³-hybridized carbons (Fsp3) is 1.00. The van der Waals surface area contributed by atoms with Crippen LogP contribution in [-0.4, -0.2) is 25.1 Å². The van der Waals surface area contributed by atoms with Gasteiger partial charge >= 0.3 is 0 Å². The average molecular weight is 173 g/mol. The Morgan fingerprint density at radius 1 is 1.36 bits per heavy atom. The first-order valence-corrected chi connectivity index (χ1v) is 6.02. The van der Waals surface area contributed by atoms with Crippen molar-refractivity contribution in [3.8, 4) is 0 Å². The fourth-order valence-electron chi connectivity index (χ4n) is 1.69. The molecule has 0 unspecified atom stereocenters. The molecule has 1 heterocycles. The molecule has 0 aromatic carbocycles. The van der Waals surface area contributed by atoms with Crippen molar-refractivity contribution in [1.82, 2.24) is 5.32 Å². The first kappa shape index (κ1) is 9.40. The predicted molar refractivity (Wildman–Crippen MR) is 53.2 cm³/mol. The van der Waals surface area contributed by atoms with Crippen LogP contribution in [0, 0.1) is 5.92 Å². The number of piperidine rings is 1. The Bertz CT molecular complexity index is 89.6. The van der Waals surface area contributed by atoms with Gasteiger partial charge in [-0.15, -0.1) is 0 Å². The molecular weight excluding hydrogens is 154 g/mol. The highest BCUT2D eigenvalue weighted by Crippen LogP contribution is 2.18. The van der Waals surface area contributed by atoms with Crippen molar-refractivity contribution in [2.24, 2.45) is 5.92 Å². The van der Waals surface area contributed by atoms with Gasteiger partial charge in [-0.05, 0) is 56.7 Å². The number of thioether (sulfide) groups is 1. The summed E-state index contributed by atoms with van der Waals surface area (Å²) in [6, 6.07) is 0. The van der Waals surface area contributed by atoms with Gasteiger partial charge in [0.05, 0.1) is 0 Å². The van der Waals surface area contributed by atoms with Crippen molar-refractivity contribution in [2.45, 2.75) is 25.7 Å². The summed E-state index contributed by atoms with van der Waals surface area (Å²) < 4.78 is 0. The van der Waals surface area contributed by atoms with Crippen molar-refractivity contribution in [3.63, 3.8) is 0 Å². The van der Waals surface area contributed by atoms with Gasteiger partial charge in [0.15, 0.2) is 0 Å². The van der Waals surface area contributed by atoms with E-state index in [0.717, 1.165) is 5.92 Å². The highest BCUT2D eigenvalue weighted by molar-refractivity contribution is 7.98. The number of nitrogens with one attached hydrogen (secondary N) is 1. The summed E-state index contributed by atoms with van der Waals surface area (Å²) in [5.41, 5.74) is 0.